The molecule has 8 aromatic carbocycles. The lowest BCUT2D eigenvalue weighted by atomic mass is 9.91. The summed E-state index contributed by atoms with van der Waals surface area (Å²) in [6, 6.07) is 73.2. The van der Waals surface area contributed by atoms with Gasteiger partial charge in [0, 0.05) is 55.2 Å². The Hall–Kier alpha value is -7.56. The molecule has 0 radical (unpaired) electrons. The van der Waals surface area contributed by atoms with Crippen LogP contribution in [0.15, 0.2) is 206 Å². The molecule has 0 fully saturated rings. The molecule has 0 bridgehead atoms. The van der Waals surface area contributed by atoms with E-state index in [4.69, 9.17) is 9.97 Å². The molecule has 0 aliphatic rings. The highest BCUT2D eigenvalue weighted by Crippen LogP contribution is 2.45. The number of hydrogen-bond acceptors (Lipinski definition) is 2. The summed E-state index contributed by atoms with van der Waals surface area (Å²) < 4.78 is 4.77. The first-order valence-corrected chi connectivity index (χ1v) is 19.0. The molecule has 3 heterocycles. The summed E-state index contributed by atoms with van der Waals surface area (Å²) in [4.78, 5) is 10.5. The third-order valence-corrected chi connectivity index (χ3v) is 10.9. The summed E-state index contributed by atoms with van der Waals surface area (Å²) in [5.74, 6) is 0.695. The van der Waals surface area contributed by atoms with Gasteiger partial charge in [0.25, 0.3) is 0 Å². The van der Waals surface area contributed by atoms with Crippen molar-refractivity contribution in [1.29, 1.82) is 0 Å². The van der Waals surface area contributed by atoms with Crippen molar-refractivity contribution in [2.75, 3.05) is 0 Å². The predicted molar refractivity (Wildman–Crippen MR) is 232 cm³/mol. The van der Waals surface area contributed by atoms with Gasteiger partial charge in [-0.3, -0.25) is 0 Å². The third-order valence-electron chi connectivity index (χ3n) is 10.9. The highest BCUT2D eigenvalue weighted by Gasteiger charge is 2.23. The Kier molecular flexibility index (Phi) is 7.46. The predicted octanol–water partition coefficient (Wildman–Crippen LogP) is 13.3. The van der Waals surface area contributed by atoms with Crippen LogP contribution in [0.1, 0.15) is 0 Å². The zero-order valence-corrected chi connectivity index (χ0v) is 30.4. The Balaban J connectivity index is 1.26. The average molecular weight is 715 g/mol. The number of hydrogen-bond donors (Lipinski definition) is 0. The smallest absolute Gasteiger partial charge is 0.160 e. The molecule has 4 heteroatoms. The van der Waals surface area contributed by atoms with E-state index in [1.54, 1.807) is 0 Å². The minimum absolute atomic E-state index is 0.695. The van der Waals surface area contributed by atoms with E-state index in [9.17, 15) is 0 Å². The largest absolute Gasteiger partial charge is 0.309 e. The van der Waals surface area contributed by atoms with Gasteiger partial charge in [0.15, 0.2) is 5.82 Å². The van der Waals surface area contributed by atoms with Gasteiger partial charge in [-0.2, -0.15) is 0 Å². The molecule has 0 atom stereocenters. The molecule has 56 heavy (non-hydrogen) atoms. The summed E-state index contributed by atoms with van der Waals surface area (Å²) in [6.07, 6.45) is 0. The second kappa shape index (κ2) is 13.1. The van der Waals surface area contributed by atoms with Crippen LogP contribution in [-0.2, 0) is 0 Å². The molecular formula is C52H34N4. The van der Waals surface area contributed by atoms with Crippen molar-refractivity contribution >= 4 is 43.6 Å². The highest BCUT2D eigenvalue weighted by molar-refractivity contribution is 6.20. The molecule has 0 amide bonds. The Labute approximate surface area is 324 Å². The van der Waals surface area contributed by atoms with Crippen LogP contribution in [-0.4, -0.2) is 19.1 Å². The minimum Gasteiger partial charge on any atom is -0.309 e. The number of aromatic nitrogens is 4. The number of nitrogens with zero attached hydrogens (tertiary/aromatic N) is 4. The Morgan fingerprint density at radius 2 is 0.821 bits per heavy atom. The van der Waals surface area contributed by atoms with E-state index in [1.165, 1.54) is 32.6 Å². The van der Waals surface area contributed by atoms with Crippen molar-refractivity contribution in [1.82, 2.24) is 19.1 Å². The second-order valence-electron chi connectivity index (χ2n) is 14.2. The maximum atomic E-state index is 5.37. The van der Waals surface area contributed by atoms with Gasteiger partial charge in [0.1, 0.15) is 0 Å². The molecule has 0 saturated carbocycles. The maximum Gasteiger partial charge on any atom is 0.160 e. The van der Waals surface area contributed by atoms with Crippen LogP contribution < -0.4 is 0 Å². The number of fused-ring (bicyclic) bond motifs is 6. The van der Waals surface area contributed by atoms with Crippen molar-refractivity contribution in [3.63, 3.8) is 0 Å². The van der Waals surface area contributed by atoms with E-state index >= 15 is 0 Å². The number of rotatable bonds is 6. The van der Waals surface area contributed by atoms with E-state index < -0.39 is 0 Å². The highest BCUT2D eigenvalue weighted by atomic mass is 15.0. The Morgan fingerprint density at radius 3 is 1.50 bits per heavy atom. The lowest BCUT2D eigenvalue weighted by molar-refractivity contribution is 1.18. The molecule has 11 rings (SSSR count). The number of benzene rings is 8. The fraction of sp³-hybridized carbons (Fsp3) is 0. The van der Waals surface area contributed by atoms with Crippen LogP contribution in [0.2, 0.25) is 0 Å². The second-order valence-corrected chi connectivity index (χ2v) is 14.2. The van der Waals surface area contributed by atoms with Gasteiger partial charge in [0.2, 0.25) is 0 Å². The Morgan fingerprint density at radius 1 is 0.321 bits per heavy atom. The molecule has 262 valence electrons. The molecule has 4 nitrogen and oxygen atoms in total. The quantitative estimate of drug-likeness (QED) is 0.172. The van der Waals surface area contributed by atoms with Crippen LogP contribution in [0.25, 0.3) is 100 Å². The SMILES string of the molecule is c1ccc(-c2cc(-c3ccc4c(c3-c3ccc5c(c3)c3ccccc3n5-c3ccccc3)c3ccccc3n4-c3ccccc3)nc(-c3ccccc3)n2)cc1. The monoisotopic (exact) mass is 714 g/mol. The van der Waals surface area contributed by atoms with E-state index in [0.29, 0.717) is 5.82 Å². The third kappa shape index (κ3) is 5.15. The van der Waals surface area contributed by atoms with Gasteiger partial charge in [0.05, 0.1) is 33.5 Å². The molecule has 11 aromatic rings. The van der Waals surface area contributed by atoms with Gasteiger partial charge in [-0.15, -0.1) is 0 Å². The molecule has 0 aliphatic carbocycles. The average Bonchev–Trinajstić information content (AvgIpc) is 3.80. The van der Waals surface area contributed by atoms with Gasteiger partial charge >= 0.3 is 0 Å². The van der Waals surface area contributed by atoms with E-state index in [1.807, 2.05) is 24.3 Å². The molecule has 0 unspecified atom stereocenters. The first kappa shape index (κ1) is 31.9. The topological polar surface area (TPSA) is 35.6 Å². The van der Waals surface area contributed by atoms with Crippen LogP contribution in [0.5, 0.6) is 0 Å². The van der Waals surface area contributed by atoms with Crippen molar-refractivity contribution in [2.45, 2.75) is 0 Å². The molecule has 0 saturated heterocycles. The van der Waals surface area contributed by atoms with Crippen LogP contribution in [0, 0.1) is 0 Å². The van der Waals surface area contributed by atoms with Crippen LogP contribution in [0.3, 0.4) is 0 Å². The summed E-state index contributed by atoms with van der Waals surface area (Å²) in [5.41, 5.74) is 14.0. The van der Waals surface area contributed by atoms with Gasteiger partial charge in [-0.25, -0.2) is 9.97 Å². The summed E-state index contributed by atoms with van der Waals surface area (Å²) in [7, 11) is 0. The fourth-order valence-corrected chi connectivity index (χ4v) is 8.47. The van der Waals surface area contributed by atoms with Gasteiger partial charge < -0.3 is 9.13 Å². The first-order valence-electron chi connectivity index (χ1n) is 19.0. The van der Waals surface area contributed by atoms with Gasteiger partial charge in [-0.1, -0.05) is 146 Å². The van der Waals surface area contributed by atoms with Crippen molar-refractivity contribution in [3.05, 3.63) is 206 Å². The zero-order valence-electron chi connectivity index (χ0n) is 30.4. The molecule has 0 N–H and O–H groups in total. The fourth-order valence-electron chi connectivity index (χ4n) is 8.47. The normalized spacial score (nSPS) is 11.6. The molecule has 0 aliphatic heterocycles. The number of para-hydroxylation sites is 4. The molecule has 3 aromatic heterocycles. The van der Waals surface area contributed by atoms with Crippen molar-refractivity contribution < 1.29 is 0 Å². The van der Waals surface area contributed by atoms with Crippen LogP contribution in [0.4, 0.5) is 0 Å². The summed E-state index contributed by atoms with van der Waals surface area (Å²) in [5, 5.41) is 4.80. The van der Waals surface area contributed by atoms with Crippen molar-refractivity contribution in [2.24, 2.45) is 0 Å². The standard InChI is InChI=1S/C52H34N4/c1-5-17-35(18-6-1)44-34-45(54-52(53-44)36-19-7-2-8-20-36)41-30-32-49-51(42-26-14-16-28-47(42)56(49)39-23-11-4-12-24-39)50(41)37-29-31-48-43(33-37)40-25-13-15-27-46(40)55(48)38-21-9-3-10-22-38/h1-34H. The summed E-state index contributed by atoms with van der Waals surface area (Å²) >= 11 is 0. The molecule has 0 spiro atoms. The first-order chi connectivity index (χ1) is 27.8. The van der Waals surface area contributed by atoms with E-state index in [2.05, 4.69) is 191 Å². The van der Waals surface area contributed by atoms with E-state index in [0.717, 1.165) is 61.6 Å². The van der Waals surface area contributed by atoms with E-state index in [-0.39, 0.29) is 0 Å². The lowest BCUT2D eigenvalue weighted by Gasteiger charge is -2.16. The summed E-state index contributed by atoms with van der Waals surface area (Å²) in [6.45, 7) is 0. The zero-order chi connectivity index (χ0) is 37.0. The Bertz CT molecular complexity index is 3160. The minimum atomic E-state index is 0.695. The maximum absolute atomic E-state index is 5.37. The van der Waals surface area contributed by atoms with Crippen molar-refractivity contribution in [3.8, 4) is 56.4 Å². The van der Waals surface area contributed by atoms with Crippen LogP contribution >= 0.6 is 0 Å². The molecular weight excluding hydrogens is 681 g/mol. The lowest BCUT2D eigenvalue weighted by Crippen LogP contribution is -1.98. The van der Waals surface area contributed by atoms with Gasteiger partial charge in [-0.05, 0) is 66.2 Å².